The van der Waals surface area contributed by atoms with E-state index in [2.05, 4.69) is 36.2 Å². The van der Waals surface area contributed by atoms with Crippen LogP contribution in [0.2, 0.25) is 0 Å². The number of hydrogen-bond donors (Lipinski definition) is 1. The maximum absolute atomic E-state index is 6.70. The van der Waals surface area contributed by atoms with Crippen LogP contribution >= 0.6 is 0 Å². The van der Waals surface area contributed by atoms with Crippen LogP contribution in [0.3, 0.4) is 0 Å². The SMILES string of the molecule is CCCC1CCC(N)(c2ccc3cccnc3c2)CC1. The molecule has 1 aromatic carbocycles. The van der Waals surface area contributed by atoms with Crippen molar-refractivity contribution in [2.24, 2.45) is 11.7 Å². The number of benzene rings is 1. The van der Waals surface area contributed by atoms with E-state index in [0.717, 1.165) is 24.3 Å². The molecule has 0 atom stereocenters. The summed E-state index contributed by atoms with van der Waals surface area (Å²) in [6, 6.07) is 10.6. The first-order valence-electron chi connectivity index (χ1n) is 7.85. The highest BCUT2D eigenvalue weighted by Crippen LogP contribution is 2.39. The van der Waals surface area contributed by atoms with Crippen molar-refractivity contribution in [2.75, 3.05) is 0 Å². The molecule has 1 aliphatic rings. The van der Waals surface area contributed by atoms with E-state index in [1.54, 1.807) is 0 Å². The van der Waals surface area contributed by atoms with Crippen molar-refractivity contribution in [2.45, 2.75) is 51.0 Å². The van der Waals surface area contributed by atoms with Crippen molar-refractivity contribution < 1.29 is 0 Å². The third-order valence-electron chi connectivity index (χ3n) is 4.88. The van der Waals surface area contributed by atoms with Gasteiger partial charge in [-0.3, -0.25) is 4.98 Å². The molecule has 2 nitrogen and oxygen atoms in total. The van der Waals surface area contributed by atoms with Crippen LogP contribution in [0.15, 0.2) is 36.5 Å². The molecule has 2 heteroatoms. The molecule has 3 rings (SSSR count). The van der Waals surface area contributed by atoms with Gasteiger partial charge in [-0.1, -0.05) is 38.0 Å². The maximum Gasteiger partial charge on any atom is 0.0705 e. The molecule has 0 amide bonds. The lowest BCUT2D eigenvalue weighted by Crippen LogP contribution is -2.40. The maximum atomic E-state index is 6.70. The lowest BCUT2D eigenvalue weighted by Gasteiger charge is -2.37. The lowest BCUT2D eigenvalue weighted by atomic mass is 9.72. The van der Waals surface area contributed by atoms with Gasteiger partial charge in [0.1, 0.15) is 0 Å². The Morgan fingerprint density at radius 2 is 2.05 bits per heavy atom. The van der Waals surface area contributed by atoms with E-state index in [1.807, 2.05) is 12.3 Å². The van der Waals surface area contributed by atoms with Gasteiger partial charge in [-0.05, 0) is 49.3 Å². The van der Waals surface area contributed by atoms with Crippen molar-refractivity contribution in [3.05, 3.63) is 42.1 Å². The fraction of sp³-hybridized carbons (Fsp3) is 0.500. The molecule has 1 fully saturated rings. The average molecular weight is 268 g/mol. The minimum atomic E-state index is -0.143. The van der Waals surface area contributed by atoms with Crippen molar-refractivity contribution in [1.82, 2.24) is 4.98 Å². The van der Waals surface area contributed by atoms with E-state index in [0.29, 0.717) is 0 Å². The van der Waals surface area contributed by atoms with Gasteiger partial charge in [0.05, 0.1) is 5.52 Å². The molecule has 1 heterocycles. The zero-order chi connectivity index (χ0) is 14.0. The smallest absolute Gasteiger partial charge is 0.0705 e. The van der Waals surface area contributed by atoms with Gasteiger partial charge in [-0.15, -0.1) is 0 Å². The molecule has 1 aromatic heterocycles. The predicted molar refractivity (Wildman–Crippen MR) is 84.5 cm³/mol. The highest BCUT2D eigenvalue weighted by Gasteiger charge is 2.32. The normalized spacial score (nSPS) is 26.8. The molecule has 106 valence electrons. The first-order valence-corrected chi connectivity index (χ1v) is 7.85. The second-order valence-electron chi connectivity index (χ2n) is 6.30. The molecule has 0 bridgehead atoms. The Morgan fingerprint density at radius 3 is 2.80 bits per heavy atom. The Labute approximate surface area is 121 Å². The fourth-order valence-corrected chi connectivity index (χ4v) is 3.55. The Bertz CT molecular complexity index is 583. The Hall–Kier alpha value is -1.41. The topological polar surface area (TPSA) is 38.9 Å². The summed E-state index contributed by atoms with van der Waals surface area (Å²) in [5, 5.41) is 1.19. The van der Waals surface area contributed by atoms with E-state index >= 15 is 0 Å². The summed E-state index contributed by atoms with van der Waals surface area (Å²) in [7, 11) is 0. The molecule has 1 aliphatic carbocycles. The van der Waals surface area contributed by atoms with Crippen molar-refractivity contribution in [3.63, 3.8) is 0 Å². The first kappa shape index (κ1) is 13.6. The van der Waals surface area contributed by atoms with Crippen LogP contribution in [-0.2, 0) is 5.54 Å². The van der Waals surface area contributed by atoms with Gasteiger partial charge in [0.2, 0.25) is 0 Å². The van der Waals surface area contributed by atoms with Crippen LogP contribution in [0, 0.1) is 5.92 Å². The van der Waals surface area contributed by atoms with Crippen LogP contribution in [0.4, 0.5) is 0 Å². The molecule has 20 heavy (non-hydrogen) atoms. The molecular formula is C18H24N2. The molecule has 2 aromatic rings. The Morgan fingerprint density at radius 1 is 1.25 bits per heavy atom. The largest absolute Gasteiger partial charge is 0.321 e. The number of aromatic nitrogens is 1. The standard InChI is InChI=1S/C18H24N2/c1-2-4-14-8-10-18(19,11-9-14)16-7-6-15-5-3-12-20-17(15)13-16/h3,5-7,12-14H,2,4,8-11,19H2,1H3. The van der Waals surface area contributed by atoms with E-state index < -0.39 is 0 Å². The van der Waals surface area contributed by atoms with Crippen LogP contribution in [-0.4, -0.2) is 4.98 Å². The van der Waals surface area contributed by atoms with E-state index in [4.69, 9.17) is 5.73 Å². The number of rotatable bonds is 3. The van der Waals surface area contributed by atoms with Gasteiger partial charge < -0.3 is 5.73 Å². The zero-order valence-corrected chi connectivity index (χ0v) is 12.3. The number of nitrogens with zero attached hydrogens (tertiary/aromatic N) is 1. The predicted octanol–water partition coefficient (Wildman–Crippen LogP) is 4.38. The van der Waals surface area contributed by atoms with Gasteiger partial charge in [-0.25, -0.2) is 0 Å². The summed E-state index contributed by atoms with van der Waals surface area (Å²) < 4.78 is 0. The summed E-state index contributed by atoms with van der Waals surface area (Å²) in [5.74, 6) is 0.884. The summed E-state index contributed by atoms with van der Waals surface area (Å²) in [4.78, 5) is 4.46. The number of nitrogens with two attached hydrogens (primary N) is 1. The second-order valence-corrected chi connectivity index (χ2v) is 6.30. The highest BCUT2D eigenvalue weighted by atomic mass is 14.8. The van der Waals surface area contributed by atoms with Crippen LogP contribution in [0.1, 0.15) is 51.0 Å². The molecule has 0 saturated heterocycles. The van der Waals surface area contributed by atoms with Crippen LogP contribution < -0.4 is 5.73 Å². The van der Waals surface area contributed by atoms with Crippen LogP contribution in [0.5, 0.6) is 0 Å². The number of pyridine rings is 1. The molecule has 0 aliphatic heterocycles. The Kier molecular flexibility index (Phi) is 3.75. The fourth-order valence-electron chi connectivity index (χ4n) is 3.55. The van der Waals surface area contributed by atoms with Crippen LogP contribution in [0.25, 0.3) is 10.9 Å². The third kappa shape index (κ3) is 2.57. The van der Waals surface area contributed by atoms with Crippen molar-refractivity contribution in [3.8, 4) is 0 Å². The third-order valence-corrected chi connectivity index (χ3v) is 4.88. The summed E-state index contributed by atoms with van der Waals surface area (Å²) in [6.45, 7) is 2.28. The van der Waals surface area contributed by atoms with E-state index in [-0.39, 0.29) is 5.54 Å². The highest BCUT2D eigenvalue weighted by molar-refractivity contribution is 5.79. The van der Waals surface area contributed by atoms with Gasteiger partial charge in [0.25, 0.3) is 0 Å². The Balaban J connectivity index is 1.83. The molecule has 0 unspecified atom stereocenters. The summed E-state index contributed by atoms with van der Waals surface area (Å²) in [6.07, 6.45) is 9.26. The quantitative estimate of drug-likeness (QED) is 0.897. The van der Waals surface area contributed by atoms with E-state index in [9.17, 15) is 0 Å². The van der Waals surface area contributed by atoms with Gasteiger partial charge in [0.15, 0.2) is 0 Å². The molecular weight excluding hydrogens is 244 g/mol. The average Bonchev–Trinajstić information content (AvgIpc) is 2.49. The summed E-state index contributed by atoms with van der Waals surface area (Å²) >= 11 is 0. The van der Waals surface area contributed by atoms with Gasteiger partial charge >= 0.3 is 0 Å². The van der Waals surface area contributed by atoms with E-state index in [1.165, 1.54) is 36.6 Å². The lowest BCUT2D eigenvalue weighted by molar-refractivity contribution is 0.226. The second kappa shape index (κ2) is 5.53. The molecule has 0 spiro atoms. The van der Waals surface area contributed by atoms with Crippen molar-refractivity contribution in [1.29, 1.82) is 0 Å². The zero-order valence-electron chi connectivity index (χ0n) is 12.3. The molecule has 0 radical (unpaired) electrons. The van der Waals surface area contributed by atoms with Gasteiger partial charge in [-0.2, -0.15) is 0 Å². The van der Waals surface area contributed by atoms with Gasteiger partial charge in [0, 0.05) is 17.1 Å². The molecule has 2 N–H and O–H groups in total. The minimum absolute atomic E-state index is 0.143. The summed E-state index contributed by atoms with van der Waals surface area (Å²) in [5.41, 5.74) is 8.88. The number of hydrogen-bond acceptors (Lipinski definition) is 2. The van der Waals surface area contributed by atoms with Crippen molar-refractivity contribution >= 4 is 10.9 Å². The minimum Gasteiger partial charge on any atom is -0.321 e. The molecule has 1 saturated carbocycles. The monoisotopic (exact) mass is 268 g/mol. The first-order chi connectivity index (χ1) is 9.71. The number of fused-ring (bicyclic) bond motifs is 1.